The summed E-state index contributed by atoms with van der Waals surface area (Å²) in [6, 6.07) is 15.4. The number of ether oxygens (including phenoxy) is 2. The quantitative estimate of drug-likeness (QED) is 0.184. The van der Waals surface area contributed by atoms with Crippen molar-refractivity contribution in [2.24, 2.45) is 5.92 Å². The molecule has 61 heavy (non-hydrogen) atoms. The van der Waals surface area contributed by atoms with Gasteiger partial charge >= 0.3 is 18.2 Å². The lowest BCUT2D eigenvalue weighted by Crippen LogP contribution is -2.44. The number of halogens is 1. The van der Waals surface area contributed by atoms with Crippen LogP contribution in [0.15, 0.2) is 71.8 Å². The van der Waals surface area contributed by atoms with E-state index >= 15 is 4.39 Å². The first-order chi connectivity index (χ1) is 28.7. The number of nitrogens with zero attached hydrogens (tertiary/aromatic N) is 4. The molecule has 1 atom stereocenters. The highest BCUT2D eigenvalue weighted by Gasteiger charge is 2.39. The van der Waals surface area contributed by atoms with Crippen LogP contribution >= 0.6 is 0 Å². The molecule has 3 aromatic carbocycles. The standard InChI is InChI=1S/C45H53FN6O8S/c1-44(2,3)59-42(55)52(43(56)60-45(4,5)6)39-34-17-13-32(23-35(34)36(46)24-47-39)48-38-29-10-8-9-27(21-29)19-20-51(25-28-11-12-28)41(54)49-31-14-18-37(61(57,58)33-15-16-33)30(22-31)26-50(7)40(38)53/h8-10,13-14,17-18,21-24,28,33,38,48H,11-12,15-16,19-20,25-26H2,1-7H3,(H,49,54). The van der Waals surface area contributed by atoms with Gasteiger partial charge in [-0.2, -0.15) is 4.90 Å². The molecule has 16 heteroatoms. The molecule has 2 aliphatic carbocycles. The zero-order valence-corrected chi connectivity index (χ0v) is 36.4. The number of carbonyl (C=O) groups excluding carboxylic acids is 4. The van der Waals surface area contributed by atoms with E-state index in [1.54, 1.807) is 77.8 Å². The Kier molecular flexibility index (Phi) is 11.8. The van der Waals surface area contributed by atoms with Crippen molar-refractivity contribution in [3.05, 3.63) is 89.4 Å². The number of urea groups is 1. The second-order valence-corrected chi connectivity index (χ2v) is 20.3. The van der Waals surface area contributed by atoms with Gasteiger partial charge in [-0.15, -0.1) is 0 Å². The Labute approximate surface area is 355 Å². The summed E-state index contributed by atoms with van der Waals surface area (Å²) in [5.41, 5.74) is 0.586. The second kappa shape index (κ2) is 16.6. The third-order valence-corrected chi connectivity index (χ3v) is 12.9. The van der Waals surface area contributed by atoms with Crippen molar-refractivity contribution < 1.29 is 41.5 Å². The van der Waals surface area contributed by atoms with E-state index in [4.69, 9.17) is 9.47 Å². The molecule has 3 aliphatic rings. The molecule has 4 bridgehead atoms. The van der Waals surface area contributed by atoms with Gasteiger partial charge in [-0.1, -0.05) is 24.3 Å². The predicted molar refractivity (Wildman–Crippen MR) is 230 cm³/mol. The van der Waals surface area contributed by atoms with Gasteiger partial charge in [-0.05, 0) is 133 Å². The molecule has 1 aromatic heterocycles. The molecule has 4 aromatic rings. The summed E-state index contributed by atoms with van der Waals surface area (Å²) in [4.78, 5) is 63.6. The minimum absolute atomic E-state index is 0.0153. The number of carbonyl (C=O) groups is 4. The van der Waals surface area contributed by atoms with E-state index in [1.165, 1.54) is 23.1 Å². The summed E-state index contributed by atoms with van der Waals surface area (Å²) >= 11 is 0. The number of anilines is 3. The molecule has 1 unspecified atom stereocenters. The topological polar surface area (TPSA) is 168 Å². The van der Waals surface area contributed by atoms with Gasteiger partial charge in [0.1, 0.15) is 23.1 Å². The molecule has 5 amide bonds. The average molecular weight is 857 g/mol. The van der Waals surface area contributed by atoms with Gasteiger partial charge in [-0.3, -0.25) is 4.79 Å². The van der Waals surface area contributed by atoms with Gasteiger partial charge in [0.05, 0.1) is 16.3 Å². The first-order valence-electron chi connectivity index (χ1n) is 20.5. The fourth-order valence-electron chi connectivity index (χ4n) is 7.23. The molecule has 0 saturated heterocycles. The molecule has 2 heterocycles. The fourth-order valence-corrected chi connectivity index (χ4v) is 9.09. The van der Waals surface area contributed by atoms with Crippen molar-refractivity contribution >= 4 is 61.9 Å². The van der Waals surface area contributed by atoms with Crippen LogP contribution < -0.4 is 15.5 Å². The van der Waals surface area contributed by atoms with Gasteiger partial charge in [0, 0.05) is 48.8 Å². The van der Waals surface area contributed by atoms with Crippen LogP contribution in [0.5, 0.6) is 0 Å². The Morgan fingerprint density at radius 3 is 2.25 bits per heavy atom. The Hall–Kier alpha value is -5.77. The number of amides is 5. The lowest BCUT2D eigenvalue weighted by Gasteiger charge is -2.29. The number of hydrogen-bond acceptors (Lipinski definition) is 10. The van der Waals surface area contributed by atoms with Crippen LogP contribution in [-0.2, 0) is 37.1 Å². The summed E-state index contributed by atoms with van der Waals surface area (Å²) in [7, 11) is -2.12. The van der Waals surface area contributed by atoms with E-state index in [9.17, 15) is 27.6 Å². The highest BCUT2D eigenvalue weighted by Crippen LogP contribution is 2.38. The summed E-state index contributed by atoms with van der Waals surface area (Å²) < 4.78 is 54.2. The molecule has 7 rings (SSSR count). The molecule has 2 fully saturated rings. The van der Waals surface area contributed by atoms with Crippen LogP contribution in [0.3, 0.4) is 0 Å². The van der Waals surface area contributed by atoms with E-state index < -0.39 is 56.2 Å². The minimum atomic E-state index is -3.70. The average Bonchev–Trinajstić information content (AvgIpc) is 4.10. The number of hydrogen-bond donors (Lipinski definition) is 2. The van der Waals surface area contributed by atoms with Crippen molar-refractivity contribution in [1.82, 2.24) is 14.8 Å². The van der Waals surface area contributed by atoms with E-state index in [0.29, 0.717) is 65.7 Å². The van der Waals surface area contributed by atoms with E-state index in [1.807, 2.05) is 18.2 Å². The van der Waals surface area contributed by atoms with E-state index in [0.717, 1.165) is 24.6 Å². The molecule has 14 nitrogen and oxygen atoms in total. The molecule has 1 aliphatic heterocycles. The van der Waals surface area contributed by atoms with Gasteiger partial charge in [-0.25, -0.2) is 32.2 Å². The second-order valence-electron chi connectivity index (χ2n) is 18.1. The number of aromatic nitrogens is 1. The summed E-state index contributed by atoms with van der Waals surface area (Å²) in [5.74, 6) is -0.973. The molecule has 2 N–H and O–H groups in total. The van der Waals surface area contributed by atoms with Gasteiger partial charge in [0.25, 0.3) is 0 Å². The Morgan fingerprint density at radius 1 is 0.918 bits per heavy atom. The summed E-state index contributed by atoms with van der Waals surface area (Å²) in [6.07, 6.45) is 2.45. The highest BCUT2D eigenvalue weighted by atomic mass is 32.2. The third kappa shape index (κ3) is 10.2. The number of likely N-dealkylation sites (N-methyl/N-ethyl adjacent to an activating group) is 1. The number of nitrogens with one attached hydrogen (secondary N) is 2. The summed E-state index contributed by atoms with van der Waals surface area (Å²) in [6.45, 7) is 10.7. The number of sulfone groups is 1. The number of benzene rings is 3. The van der Waals surface area contributed by atoms with Gasteiger partial charge in [0.15, 0.2) is 15.7 Å². The monoisotopic (exact) mass is 856 g/mol. The predicted octanol–water partition coefficient (Wildman–Crippen LogP) is 8.60. The van der Waals surface area contributed by atoms with Crippen molar-refractivity contribution in [3.63, 3.8) is 0 Å². The SMILES string of the molecule is CN1Cc2cc(ccc2S(=O)(=O)C2CC2)NC(=O)N(CC2CC2)CCc2cccc(c2)C(Nc2ccc3c(N(C(=O)OC(C)(C)C)C(=O)OC(C)(C)C)ncc(F)c3c2)C1=O. The van der Waals surface area contributed by atoms with Crippen LogP contribution in [0.2, 0.25) is 0 Å². The molecule has 324 valence electrons. The maximum absolute atomic E-state index is 15.8. The Bertz CT molecular complexity index is 2460. The maximum atomic E-state index is 15.8. The first-order valence-corrected chi connectivity index (χ1v) is 22.1. The highest BCUT2D eigenvalue weighted by molar-refractivity contribution is 7.92. The van der Waals surface area contributed by atoms with E-state index in [2.05, 4.69) is 15.6 Å². The summed E-state index contributed by atoms with van der Waals surface area (Å²) in [5, 5.41) is 5.86. The largest absolute Gasteiger partial charge is 0.443 e. The van der Waals surface area contributed by atoms with Crippen molar-refractivity contribution in [2.45, 2.75) is 108 Å². The number of pyridine rings is 1. The van der Waals surface area contributed by atoms with Crippen LogP contribution in [-0.4, -0.2) is 83.9 Å². The molecule has 0 radical (unpaired) electrons. The number of imide groups is 1. The van der Waals surface area contributed by atoms with Crippen LogP contribution in [0, 0.1) is 11.7 Å². The normalized spacial score (nSPS) is 17.9. The van der Waals surface area contributed by atoms with Crippen molar-refractivity contribution in [1.29, 1.82) is 0 Å². The number of fused-ring (bicyclic) bond motifs is 5. The first kappa shape index (κ1) is 43.3. The van der Waals surface area contributed by atoms with Gasteiger partial charge < -0.3 is 29.9 Å². The number of rotatable bonds is 7. The van der Waals surface area contributed by atoms with Crippen molar-refractivity contribution in [3.8, 4) is 0 Å². The third-order valence-electron chi connectivity index (χ3n) is 10.5. The molecular formula is C45H53FN6O8S. The lowest BCUT2D eigenvalue weighted by molar-refractivity contribution is -0.131. The lowest BCUT2D eigenvalue weighted by atomic mass is 10.00. The molecular weight excluding hydrogens is 804 g/mol. The molecule has 0 spiro atoms. The van der Waals surface area contributed by atoms with Crippen molar-refractivity contribution in [2.75, 3.05) is 35.7 Å². The van der Waals surface area contributed by atoms with Gasteiger partial charge in [0.2, 0.25) is 5.91 Å². The Balaban J connectivity index is 1.28. The molecule has 2 saturated carbocycles. The minimum Gasteiger partial charge on any atom is -0.443 e. The zero-order chi connectivity index (χ0) is 44.0. The maximum Gasteiger partial charge on any atom is 0.425 e. The van der Waals surface area contributed by atoms with Crippen LogP contribution in [0.25, 0.3) is 10.8 Å². The zero-order valence-electron chi connectivity index (χ0n) is 35.6. The smallest absolute Gasteiger partial charge is 0.425 e. The van der Waals surface area contributed by atoms with Crippen LogP contribution in [0.1, 0.15) is 90.0 Å². The van der Waals surface area contributed by atoms with E-state index in [-0.39, 0.29) is 34.1 Å². The Morgan fingerprint density at radius 2 is 1.61 bits per heavy atom. The van der Waals surface area contributed by atoms with Crippen LogP contribution in [0.4, 0.5) is 36.0 Å². The fraction of sp³-hybridized carbons (Fsp3) is 0.444.